The van der Waals surface area contributed by atoms with Crippen molar-refractivity contribution in [3.63, 3.8) is 0 Å². The number of nitro groups is 1. The van der Waals surface area contributed by atoms with E-state index >= 15 is 0 Å². The van der Waals surface area contributed by atoms with Gasteiger partial charge >= 0.3 is 0 Å². The van der Waals surface area contributed by atoms with Crippen molar-refractivity contribution in [1.29, 1.82) is 0 Å². The van der Waals surface area contributed by atoms with Crippen LogP contribution < -0.4 is 4.72 Å². The van der Waals surface area contributed by atoms with Crippen LogP contribution in [0, 0.1) is 10.1 Å². The summed E-state index contributed by atoms with van der Waals surface area (Å²) in [6.07, 6.45) is 1.44. The highest BCUT2D eigenvalue weighted by Crippen LogP contribution is 2.16. The Labute approximate surface area is 146 Å². The number of nitrogens with one attached hydrogen (secondary N) is 1. The van der Waals surface area contributed by atoms with Gasteiger partial charge in [-0.1, -0.05) is 36.4 Å². The summed E-state index contributed by atoms with van der Waals surface area (Å²) in [6, 6.07) is 13.5. The maximum atomic E-state index is 12.3. The fourth-order valence-corrected chi connectivity index (χ4v) is 3.24. The van der Waals surface area contributed by atoms with E-state index in [-0.39, 0.29) is 17.2 Å². The van der Waals surface area contributed by atoms with Gasteiger partial charge in [-0.3, -0.25) is 10.1 Å². The maximum Gasteiger partial charge on any atom is 0.269 e. The number of rotatable bonds is 9. The van der Waals surface area contributed by atoms with E-state index in [1.54, 1.807) is 0 Å². The summed E-state index contributed by atoms with van der Waals surface area (Å²) in [5.74, 6) is 0. The summed E-state index contributed by atoms with van der Waals surface area (Å²) >= 11 is 0. The van der Waals surface area contributed by atoms with Gasteiger partial charge in [-0.15, -0.1) is 6.58 Å². The summed E-state index contributed by atoms with van der Waals surface area (Å²) in [7, 11) is -3.83. The molecule has 0 unspecified atom stereocenters. The van der Waals surface area contributed by atoms with Crippen LogP contribution in [-0.2, 0) is 21.4 Å². The van der Waals surface area contributed by atoms with E-state index < -0.39 is 21.0 Å². The highest BCUT2D eigenvalue weighted by atomic mass is 32.2. The molecule has 8 heteroatoms. The molecule has 0 saturated heterocycles. The molecule has 0 heterocycles. The van der Waals surface area contributed by atoms with Crippen LogP contribution in [0.25, 0.3) is 0 Å². The third kappa shape index (κ3) is 5.49. The molecule has 0 amide bonds. The quantitative estimate of drug-likeness (QED) is 0.420. The molecule has 2 rings (SSSR count). The molecule has 0 spiro atoms. The van der Waals surface area contributed by atoms with E-state index in [1.165, 1.54) is 18.2 Å². The molecule has 1 N–H and O–H groups in total. The second-order valence-electron chi connectivity index (χ2n) is 5.22. The Bertz CT molecular complexity index is 820. The van der Waals surface area contributed by atoms with E-state index in [0.29, 0.717) is 6.61 Å². The normalized spacial score (nSPS) is 12.5. The third-order valence-electron chi connectivity index (χ3n) is 3.36. The lowest BCUT2D eigenvalue weighted by molar-refractivity contribution is -0.384. The minimum absolute atomic E-state index is 0.0620. The first-order valence-electron chi connectivity index (χ1n) is 7.43. The molecule has 132 valence electrons. The van der Waals surface area contributed by atoms with E-state index in [2.05, 4.69) is 11.3 Å². The lowest BCUT2D eigenvalue weighted by atomic mass is 10.2. The van der Waals surface area contributed by atoms with Crippen LogP contribution in [0.2, 0.25) is 0 Å². The lowest BCUT2D eigenvalue weighted by Gasteiger charge is -2.15. The summed E-state index contributed by atoms with van der Waals surface area (Å²) in [6.45, 7) is 4.07. The standard InChI is InChI=1S/C17H18N2O5S/c1-2-15(13-24-12-14-6-4-3-5-7-14)18-25(22,23)17-10-8-16(9-11-17)19(20)21/h2-11,15,18H,1,12-13H2/t15-/m0/s1. The van der Waals surface area contributed by atoms with Crippen LogP contribution in [0.3, 0.4) is 0 Å². The van der Waals surface area contributed by atoms with Crippen molar-refractivity contribution in [2.24, 2.45) is 0 Å². The molecule has 7 nitrogen and oxygen atoms in total. The number of hydrogen-bond acceptors (Lipinski definition) is 5. The Hall–Kier alpha value is -2.55. The summed E-state index contributed by atoms with van der Waals surface area (Å²) < 4.78 is 32.6. The highest BCUT2D eigenvalue weighted by Gasteiger charge is 2.19. The highest BCUT2D eigenvalue weighted by molar-refractivity contribution is 7.89. The number of hydrogen-bond donors (Lipinski definition) is 1. The van der Waals surface area contributed by atoms with Crippen molar-refractivity contribution in [2.45, 2.75) is 17.5 Å². The average molecular weight is 362 g/mol. The van der Waals surface area contributed by atoms with E-state index in [1.807, 2.05) is 30.3 Å². The van der Waals surface area contributed by atoms with Crippen LogP contribution in [0.4, 0.5) is 5.69 Å². The fourth-order valence-electron chi connectivity index (χ4n) is 2.04. The third-order valence-corrected chi connectivity index (χ3v) is 4.86. The number of non-ortho nitro benzene ring substituents is 1. The van der Waals surface area contributed by atoms with Gasteiger partial charge < -0.3 is 4.74 Å². The molecule has 0 saturated carbocycles. The SMILES string of the molecule is C=C[C@@H](COCc1ccccc1)NS(=O)(=O)c1ccc([N+](=O)[O-])cc1. The molecule has 2 aromatic carbocycles. The second-order valence-corrected chi connectivity index (χ2v) is 6.93. The molecule has 25 heavy (non-hydrogen) atoms. The van der Waals surface area contributed by atoms with E-state index in [9.17, 15) is 18.5 Å². The molecule has 2 aromatic rings. The molecule has 0 aliphatic heterocycles. The smallest absolute Gasteiger partial charge is 0.269 e. The molecule has 0 aliphatic carbocycles. The van der Waals surface area contributed by atoms with Gasteiger partial charge in [-0.25, -0.2) is 13.1 Å². The van der Waals surface area contributed by atoms with E-state index in [4.69, 9.17) is 4.74 Å². The van der Waals surface area contributed by atoms with Crippen LogP contribution in [-0.4, -0.2) is 26.0 Å². The average Bonchev–Trinajstić information content (AvgIpc) is 2.61. The Balaban J connectivity index is 1.96. The van der Waals surface area contributed by atoms with Gasteiger partial charge in [0.05, 0.1) is 29.1 Å². The summed E-state index contributed by atoms with van der Waals surface area (Å²) in [5.41, 5.74) is 0.800. The molecule has 0 radical (unpaired) electrons. The van der Waals surface area contributed by atoms with Crippen LogP contribution in [0.1, 0.15) is 5.56 Å². The number of nitro benzene ring substituents is 1. The number of benzene rings is 2. The maximum absolute atomic E-state index is 12.3. The van der Waals surface area contributed by atoms with E-state index in [0.717, 1.165) is 17.7 Å². The first kappa shape index (κ1) is 18.8. The van der Waals surface area contributed by atoms with Gasteiger partial charge in [0, 0.05) is 12.1 Å². The van der Waals surface area contributed by atoms with Crippen molar-refractivity contribution in [3.05, 3.63) is 82.9 Å². The summed E-state index contributed by atoms with van der Waals surface area (Å²) in [4.78, 5) is 9.98. The molecule has 0 aromatic heterocycles. The Kier molecular flexibility index (Phi) is 6.40. The van der Waals surface area contributed by atoms with Crippen LogP contribution >= 0.6 is 0 Å². The van der Waals surface area contributed by atoms with Crippen molar-refractivity contribution in [2.75, 3.05) is 6.61 Å². The minimum Gasteiger partial charge on any atom is -0.375 e. The topological polar surface area (TPSA) is 98.5 Å². The Morgan fingerprint density at radius 3 is 2.36 bits per heavy atom. The first-order valence-corrected chi connectivity index (χ1v) is 8.91. The minimum atomic E-state index is -3.83. The molecule has 1 atom stereocenters. The number of sulfonamides is 1. The summed E-state index contributed by atoms with van der Waals surface area (Å²) in [5, 5.41) is 10.6. The van der Waals surface area contributed by atoms with Crippen LogP contribution in [0.15, 0.2) is 72.1 Å². The lowest BCUT2D eigenvalue weighted by Crippen LogP contribution is -2.36. The van der Waals surface area contributed by atoms with Gasteiger partial charge in [-0.05, 0) is 17.7 Å². The Morgan fingerprint density at radius 1 is 1.16 bits per heavy atom. The largest absolute Gasteiger partial charge is 0.375 e. The fraction of sp³-hybridized carbons (Fsp3) is 0.176. The number of ether oxygens (including phenoxy) is 1. The first-order chi connectivity index (χ1) is 11.9. The van der Waals surface area contributed by atoms with Crippen LogP contribution in [0.5, 0.6) is 0 Å². The predicted octanol–water partition coefficient (Wildman–Crippen LogP) is 2.64. The molecule has 0 fully saturated rings. The van der Waals surface area contributed by atoms with Gasteiger partial charge in [-0.2, -0.15) is 0 Å². The zero-order chi connectivity index (χ0) is 18.3. The second kappa shape index (κ2) is 8.52. The molecular weight excluding hydrogens is 344 g/mol. The van der Waals surface area contributed by atoms with Crippen molar-refractivity contribution in [3.8, 4) is 0 Å². The van der Waals surface area contributed by atoms with Gasteiger partial charge in [0.25, 0.3) is 5.69 Å². The van der Waals surface area contributed by atoms with Gasteiger partial charge in [0.1, 0.15) is 0 Å². The van der Waals surface area contributed by atoms with Crippen molar-refractivity contribution < 1.29 is 18.1 Å². The zero-order valence-electron chi connectivity index (χ0n) is 13.4. The Morgan fingerprint density at radius 2 is 1.80 bits per heavy atom. The van der Waals surface area contributed by atoms with Gasteiger partial charge in [0.2, 0.25) is 10.0 Å². The van der Waals surface area contributed by atoms with Crippen molar-refractivity contribution >= 4 is 15.7 Å². The zero-order valence-corrected chi connectivity index (χ0v) is 14.2. The molecule has 0 bridgehead atoms. The predicted molar refractivity (Wildman–Crippen MR) is 93.5 cm³/mol. The number of nitrogens with zero attached hydrogens (tertiary/aromatic N) is 1. The monoisotopic (exact) mass is 362 g/mol. The van der Waals surface area contributed by atoms with Gasteiger partial charge in [0.15, 0.2) is 0 Å². The molecule has 0 aliphatic rings. The van der Waals surface area contributed by atoms with Crippen molar-refractivity contribution in [1.82, 2.24) is 4.72 Å². The molecular formula is C17H18N2O5S.